The van der Waals surface area contributed by atoms with E-state index in [0.29, 0.717) is 0 Å². The molecule has 1 aliphatic heterocycles. The largest absolute Gasteiger partial charge is 0.315 e. The van der Waals surface area contributed by atoms with Gasteiger partial charge in [0.2, 0.25) is 0 Å². The van der Waals surface area contributed by atoms with E-state index in [1.807, 2.05) is 0 Å². The molecule has 1 heterocycles. The second kappa shape index (κ2) is 11.0. The van der Waals surface area contributed by atoms with E-state index in [1.165, 1.54) is 38.9 Å². The van der Waals surface area contributed by atoms with Crippen molar-refractivity contribution in [2.45, 2.75) is 26.2 Å². The fraction of sp³-hybridized carbons (Fsp3) is 1.00. The summed E-state index contributed by atoms with van der Waals surface area (Å²) in [6, 6.07) is 0. The van der Waals surface area contributed by atoms with Gasteiger partial charge in [0.25, 0.3) is 0 Å². The average molecular weight is 242 g/mol. The summed E-state index contributed by atoms with van der Waals surface area (Å²) in [4.78, 5) is 2.58. The lowest BCUT2D eigenvalue weighted by Gasteiger charge is -2.22. The zero-order valence-electron chi connectivity index (χ0n) is 11.4. The third-order valence-corrected chi connectivity index (χ3v) is 3.16. The molecule has 0 unspecified atom stereocenters. The maximum Gasteiger partial charge on any atom is 0.0107 e. The van der Waals surface area contributed by atoms with E-state index < -0.39 is 0 Å². The highest BCUT2D eigenvalue weighted by atomic mass is 15.1. The molecular weight excluding hydrogens is 212 g/mol. The van der Waals surface area contributed by atoms with E-state index in [4.69, 9.17) is 0 Å². The SMILES string of the molecule is CCCN1CCCNCCNCCCNCC1. The van der Waals surface area contributed by atoms with Gasteiger partial charge in [-0.3, -0.25) is 0 Å². The first-order valence-corrected chi connectivity index (χ1v) is 7.28. The van der Waals surface area contributed by atoms with E-state index in [-0.39, 0.29) is 0 Å². The Labute approximate surface area is 107 Å². The number of nitrogens with one attached hydrogen (secondary N) is 3. The van der Waals surface area contributed by atoms with Gasteiger partial charge in [0.05, 0.1) is 0 Å². The summed E-state index contributed by atoms with van der Waals surface area (Å²) < 4.78 is 0. The van der Waals surface area contributed by atoms with Crippen molar-refractivity contribution in [1.29, 1.82) is 0 Å². The maximum absolute atomic E-state index is 3.53. The van der Waals surface area contributed by atoms with Gasteiger partial charge in [0.15, 0.2) is 0 Å². The first-order valence-electron chi connectivity index (χ1n) is 7.28. The summed E-state index contributed by atoms with van der Waals surface area (Å²) in [6.07, 6.45) is 3.76. The lowest BCUT2D eigenvalue weighted by molar-refractivity contribution is 0.268. The zero-order chi connectivity index (χ0) is 12.2. The van der Waals surface area contributed by atoms with Crippen LogP contribution in [0.25, 0.3) is 0 Å². The van der Waals surface area contributed by atoms with Crippen molar-refractivity contribution in [2.24, 2.45) is 0 Å². The van der Waals surface area contributed by atoms with E-state index >= 15 is 0 Å². The van der Waals surface area contributed by atoms with Crippen LogP contribution in [0.4, 0.5) is 0 Å². The lowest BCUT2D eigenvalue weighted by atomic mass is 10.3. The topological polar surface area (TPSA) is 39.3 Å². The van der Waals surface area contributed by atoms with Gasteiger partial charge in [0.1, 0.15) is 0 Å². The van der Waals surface area contributed by atoms with Crippen LogP contribution in [0.15, 0.2) is 0 Å². The van der Waals surface area contributed by atoms with Crippen LogP contribution in [0.5, 0.6) is 0 Å². The molecule has 1 rings (SSSR count). The second-order valence-electron chi connectivity index (χ2n) is 4.80. The summed E-state index contributed by atoms with van der Waals surface area (Å²) in [5.74, 6) is 0. The molecule has 1 fully saturated rings. The van der Waals surface area contributed by atoms with Gasteiger partial charge in [0, 0.05) is 26.2 Å². The molecule has 0 radical (unpaired) electrons. The van der Waals surface area contributed by atoms with E-state index in [2.05, 4.69) is 27.8 Å². The van der Waals surface area contributed by atoms with E-state index in [1.54, 1.807) is 0 Å². The van der Waals surface area contributed by atoms with Crippen LogP contribution in [-0.2, 0) is 0 Å². The number of rotatable bonds is 2. The summed E-state index contributed by atoms with van der Waals surface area (Å²) in [5, 5.41) is 10.5. The molecule has 4 nitrogen and oxygen atoms in total. The highest BCUT2D eigenvalue weighted by Gasteiger charge is 2.03. The van der Waals surface area contributed by atoms with E-state index in [9.17, 15) is 0 Å². The molecule has 0 saturated carbocycles. The minimum absolute atomic E-state index is 1.10. The molecule has 1 saturated heterocycles. The van der Waals surface area contributed by atoms with Crippen LogP contribution in [0.3, 0.4) is 0 Å². The number of hydrogen-bond donors (Lipinski definition) is 3. The van der Waals surface area contributed by atoms with Crippen molar-refractivity contribution in [3.63, 3.8) is 0 Å². The first kappa shape index (κ1) is 14.9. The Bertz CT molecular complexity index is 149. The van der Waals surface area contributed by atoms with Crippen molar-refractivity contribution in [3.8, 4) is 0 Å². The van der Waals surface area contributed by atoms with Gasteiger partial charge in [-0.15, -0.1) is 0 Å². The Hall–Kier alpha value is -0.160. The van der Waals surface area contributed by atoms with Gasteiger partial charge in [-0.25, -0.2) is 0 Å². The molecule has 0 aromatic carbocycles. The Morgan fingerprint density at radius 3 is 2.12 bits per heavy atom. The molecule has 0 spiro atoms. The monoisotopic (exact) mass is 242 g/mol. The summed E-state index contributed by atoms with van der Waals surface area (Å²) in [7, 11) is 0. The fourth-order valence-corrected chi connectivity index (χ4v) is 2.21. The third-order valence-electron chi connectivity index (χ3n) is 3.16. The molecular formula is C13H30N4. The smallest absolute Gasteiger partial charge is 0.0107 e. The summed E-state index contributed by atoms with van der Waals surface area (Å²) in [6.45, 7) is 12.7. The first-order chi connectivity index (χ1) is 8.43. The molecule has 0 aliphatic carbocycles. The van der Waals surface area contributed by atoms with Gasteiger partial charge < -0.3 is 20.9 Å². The standard InChI is InChI=1S/C13H30N4/c1-2-11-17-12-4-7-15-9-8-14-5-3-6-16-10-13-17/h14-16H,2-13H2,1H3. The average Bonchev–Trinajstić information content (AvgIpc) is 2.34. The zero-order valence-corrected chi connectivity index (χ0v) is 11.4. The molecule has 3 N–H and O–H groups in total. The molecule has 102 valence electrons. The second-order valence-corrected chi connectivity index (χ2v) is 4.80. The van der Waals surface area contributed by atoms with Crippen molar-refractivity contribution in [1.82, 2.24) is 20.9 Å². The molecule has 0 atom stereocenters. The minimum Gasteiger partial charge on any atom is -0.315 e. The summed E-state index contributed by atoms with van der Waals surface area (Å²) >= 11 is 0. The van der Waals surface area contributed by atoms with Crippen LogP contribution in [0, 0.1) is 0 Å². The minimum atomic E-state index is 1.10. The quantitative estimate of drug-likeness (QED) is 0.650. The summed E-state index contributed by atoms with van der Waals surface area (Å²) in [5.41, 5.74) is 0. The Kier molecular flexibility index (Phi) is 9.61. The predicted octanol–water partition coefficient (Wildman–Crippen LogP) is 0.261. The lowest BCUT2D eigenvalue weighted by Crippen LogP contribution is -2.37. The molecule has 1 aliphatic rings. The van der Waals surface area contributed by atoms with Crippen LogP contribution in [-0.4, -0.2) is 63.8 Å². The fourth-order valence-electron chi connectivity index (χ4n) is 2.21. The maximum atomic E-state index is 3.53. The Morgan fingerprint density at radius 2 is 1.41 bits per heavy atom. The molecule has 4 heteroatoms. The van der Waals surface area contributed by atoms with Crippen molar-refractivity contribution >= 4 is 0 Å². The Balaban J connectivity index is 2.19. The highest BCUT2D eigenvalue weighted by molar-refractivity contribution is 4.63. The van der Waals surface area contributed by atoms with Crippen molar-refractivity contribution in [3.05, 3.63) is 0 Å². The van der Waals surface area contributed by atoms with Gasteiger partial charge in [-0.2, -0.15) is 0 Å². The predicted molar refractivity (Wildman–Crippen MR) is 74.6 cm³/mol. The normalized spacial score (nSPS) is 23.1. The van der Waals surface area contributed by atoms with Gasteiger partial charge in [-0.05, 0) is 52.0 Å². The molecule has 0 aromatic heterocycles. The van der Waals surface area contributed by atoms with E-state index in [0.717, 1.165) is 39.3 Å². The molecule has 0 aromatic rings. The van der Waals surface area contributed by atoms with Crippen molar-refractivity contribution < 1.29 is 0 Å². The number of hydrogen-bond acceptors (Lipinski definition) is 4. The third kappa shape index (κ3) is 8.55. The van der Waals surface area contributed by atoms with Crippen LogP contribution in [0.1, 0.15) is 26.2 Å². The molecule has 0 amide bonds. The van der Waals surface area contributed by atoms with Crippen LogP contribution in [0.2, 0.25) is 0 Å². The number of nitrogens with zero attached hydrogens (tertiary/aromatic N) is 1. The van der Waals surface area contributed by atoms with Gasteiger partial charge in [-0.1, -0.05) is 6.92 Å². The van der Waals surface area contributed by atoms with Crippen LogP contribution >= 0.6 is 0 Å². The Morgan fingerprint density at radius 1 is 0.765 bits per heavy atom. The molecule has 17 heavy (non-hydrogen) atoms. The molecule has 0 bridgehead atoms. The van der Waals surface area contributed by atoms with Crippen molar-refractivity contribution in [2.75, 3.05) is 58.9 Å². The highest BCUT2D eigenvalue weighted by Crippen LogP contribution is 1.93. The van der Waals surface area contributed by atoms with Crippen LogP contribution < -0.4 is 16.0 Å². The van der Waals surface area contributed by atoms with Gasteiger partial charge >= 0.3 is 0 Å².